The van der Waals surface area contributed by atoms with E-state index in [0.29, 0.717) is 13.2 Å². The largest absolute Gasteiger partial charge is 0.508 e. The van der Waals surface area contributed by atoms with Crippen molar-refractivity contribution in [2.75, 3.05) is 25.6 Å². The molecule has 2 aromatic carbocycles. The Kier molecular flexibility index (Phi) is 12.8. The third-order valence-electron chi connectivity index (χ3n) is 7.14. The number of benzene rings is 2. The topological polar surface area (TPSA) is 207 Å². The van der Waals surface area contributed by atoms with Crippen molar-refractivity contribution < 1.29 is 42.8 Å². The van der Waals surface area contributed by atoms with E-state index in [1.807, 2.05) is 60.7 Å². The highest BCUT2D eigenvalue weighted by Crippen LogP contribution is 2.48. The van der Waals surface area contributed by atoms with E-state index >= 15 is 0 Å². The van der Waals surface area contributed by atoms with Gasteiger partial charge in [-0.3, -0.25) is 9.09 Å². The molecule has 260 valence electrons. The van der Waals surface area contributed by atoms with Gasteiger partial charge in [0.15, 0.2) is 23.2 Å². The number of ether oxygens (including phenoxy) is 3. The van der Waals surface area contributed by atoms with Crippen molar-refractivity contribution in [2.45, 2.75) is 63.7 Å². The molecule has 1 fully saturated rings. The zero-order chi connectivity index (χ0) is 34.1. The molecule has 16 nitrogen and oxygen atoms in total. The Bertz CT molecular complexity index is 1580. The fraction of sp³-hybridized carbons (Fsp3) is 0.433. The molecule has 1 aliphatic heterocycles. The third kappa shape index (κ3) is 9.53. The first-order chi connectivity index (χ1) is 23.1. The second-order valence-corrected chi connectivity index (χ2v) is 13.0. The van der Waals surface area contributed by atoms with Crippen LogP contribution in [0.15, 0.2) is 67.0 Å². The Morgan fingerprint density at radius 2 is 1.50 bits per heavy atom. The number of anilines is 1. The number of hydrogen-bond acceptors (Lipinski definition) is 15. The van der Waals surface area contributed by atoms with Crippen LogP contribution in [0.2, 0.25) is 5.28 Å². The van der Waals surface area contributed by atoms with Crippen LogP contribution in [-0.2, 0) is 45.8 Å². The fourth-order valence-electron chi connectivity index (χ4n) is 4.67. The number of aliphatic hydroxyl groups is 2. The van der Waals surface area contributed by atoms with Crippen LogP contribution in [0.5, 0.6) is 0 Å². The van der Waals surface area contributed by atoms with Crippen LogP contribution < -0.4 is 16.7 Å². The van der Waals surface area contributed by atoms with E-state index in [-0.39, 0.29) is 35.5 Å². The number of hydrogen-bond donors (Lipinski definition) is 5. The van der Waals surface area contributed by atoms with Gasteiger partial charge in [0.25, 0.3) is 0 Å². The third-order valence-corrected chi connectivity index (χ3v) is 8.53. The number of halogens is 1. The minimum Gasteiger partial charge on any atom is -0.387 e. The summed E-state index contributed by atoms with van der Waals surface area (Å²) in [5.74, 6) is 0.0724. The van der Waals surface area contributed by atoms with Gasteiger partial charge in [0.1, 0.15) is 24.6 Å². The van der Waals surface area contributed by atoms with Gasteiger partial charge in [-0.1, -0.05) is 60.7 Å². The molecule has 1 aliphatic rings. The molecule has 6 atom stereocenters. The molecule has 48 heavy (non-hydrogen) atoms. The van der Waals surface area contributed by atoms with E-state index in [1.54, 1.807) is 13.8 Å². The molecule has 4 aromatic rings. The van der Waals surface area contributed by atoms with Crippen molar-refractivity contribution in [1.29, 1.82) is 0 Å². The van der Waals surface area contributed by atoms with E-state index in [9.17, 15) is 14.8 Å². The molecule has 0 aliphatic carbocycles. The number of nitrogens with zero attached hydrogens (tertiary/aromatic N) is 4. The summed E-state index contributed by atoms with van der Waals surface area (Å²) in [5.41, 5.74) is 13.5. The maximum absolute atomic E-state index is 13.8. The van der Waals surface area contributed by atoms with Crippen LogP contribution in [0.4, 0.5) is 5.82 Å². The van der Waals surface area contributed by atoms with Crippen LogP contribution in [0.25, 0.3) is 11.2 Å². The molecule has 18 heteroatoms. The van der Waals surface area contributed by atoms with Crippen molar-refractivity contribution in [3.63, 3.8) is 0 Å². The molecule has 0 unspecified atom stereocenters. The van der Waals surface area contributed by atoms with Crippen LogP contribution in [0.3, 0.4) is 0 Å². The summed E-state index contributed by atoms with van der Waals surface area (Å²) < 4.78 is 48.9. The monoisotopic (exact) mass is 707 g/mol. The fourth-order valence-corrected chi connectivity index (χ4v) is 6.03. The molecular weight excluding hydrogens is 669 g/mol. The smallest absolute Gasteiger partial charge is 0.387 e. The number of aromatic nitrogens is 4. The van der Waals surface area contributed by atoms with E-state index in [4.69, 9.17) is 45.3 Å². The highest BCUT2D eigenvalue weighted by atomic mass is 35.5. The predicted octanol–water partition coefficient (Wildman–Crippen LogP) is 3.06. The number of phosphoric acid groups is 1. The average Bonchev–Trinajstić information content (AvgIpc) is 3.57. The highest BCUT2D eigenvalue weighted by Gasteiger charge is 2.46. The Balaban J connectivity index is 1.19. The highest BCUT2D eigenvalue weighted by molar-refractivity contribution is 7.48. The number of nitrogen functional groups attached to an aromatic ring is 1. The number of fused-ring (bicyclic) bond motifs is 1. The number of nitrogens with one attached hydrogen (secondary N) is 2. The summed E-state index contributed by atoms with van der Waals surface area (Å²) in [7, 11) is -4.43. The zero-order valence-electron chi connectivity index (χ0n) is 26.3. The van der Waals surface area contributed by atoms with E-state index in [0.717, 1.165) is 11.1 Å². The minimum atomic E-state index is -4.43. The maximum atomic E-state index is 13.8. The minimum absolute atomic E-state index is 0.0724. The lowest BCUT2D eigenvalue weighted by atomic mass is 10.1. The molecule has 1 saturated heterocycles. The number of aliphatic hydroxyl groups excluding tert-OH is 2. The number of hydroxylamine groups is 2. The van der Waals surface area contributed by atoms with Crippen molar-refractivity contribution in [1.82, 2.24) is 30.5 Å². The molecule has 6 N–H and O–H groups in total. The van der Waals surface area contributed by atoms with Crippen molar-refractivity contribution in [3.8, 4) is 0 Å². The molecule has 0 saturated carbocycles. The SMILES string of the molecule is C[C@@H](COCc1ccccc1)NOP(=O)(OC[C@H]1O[C@@H](n2c(Cl)nc3c(N)ncnc32)[C@H](O)[C@@H]1O)ON[C@@H](C)COCc1ccccc1. The molecule has 0 radical (unpaired) electrons. The number of rotatable bonds is 18. The summed E-state index contributed by atoms with van der Waals surface area (Å²) >= 11 is 6.32. The lowest BCUT2D eigenvalue weighted by Crippen LogP contribution is -2.36. The summed E-state index contributed by atoms with van der Waals surface area (Å²) in [5, 5.41) is 21.6. The molecule has 5 rings (SSSR count). The van der Waals surface area contributed by atoms with Crippen LogP contribution in [-0.4, -0.2) is 79.9 Å². The Hall–Kier alpha value is -3.09. The van der Waals surface area contributed by atoms with Crippen LogP contribution >= 0.6 is 19.4 Å². The van der Waals surface area contributed by atoms with Crippen molar-refractivity contribution in [3.05, 3.63) is 83.4 Å². The normalized spacial score (nSPS) is 21.1. The first-order valence-electron chi connectivity index (χ1n) is 15.1. The van der Waals surface area contributed by atoms with Gasteiger partial charge >= 0.3 is 7.82 Å². The van der Waals surface area contributed by atoms with Gasteiger partial charge in [0.2, 0.25) is 5.28 Å². The lowest BCUT2D eigenvalue weighted by molar-refractivity contribution is -0.0608. The Labute approximate surface area is 282 Å². The molecular formula is C30H39ClN7O9P. The quantitative estimate of drug-likeness (QED) is 0.0572. The molecule has 2 aromatic heterocycles. The molecule has 0 spiro atoms. The first kappa shape index (κ1) is 36.2. The van der Waals surface area contributed by atoms with E-state index in [2.05, 4.69) is 25.9 Å². The standard InChI is InChI=1S/C30H39ClN7O9P/c1-19(13-42-15-21-9-5-3-6-10-21)36-46-48(41,47-37-20(2)14-43-16-22-11-7-4-8-12-22)44-17-23-25(39)26(40)29(45-23)38-28-24(35-30(38)31)27(32)33-18-34-28/h3-12,18-20,23,25-26,29,36-37,39-40H,13-17H2,1-2H3,(H2,32,33,34)/t19-,20-,23+,25+,26+,29+/m0/s1. The predicted molar refractivity (Wildman–Crippen MR) is 174 cm³/mol. The summed E-state index contributed by atoms with van der Waals surface area (Å²) in [6, 6.07) is 18.4. The van der Waals surface area contributed by atoms with Gasteiger partial charge in [-0.15, -0.1) is 0 Å². The second-order valence-electron chi connectivity index (χ2n) is 11.2. The second kappa shape index (κ2) is 17.0. The van der Waals surface area contributed by atoms with Gasteiger partial charge in [-0.2, -0.15) is 20.2 Å². The van der Waals surface area contributed by atoms with Crippen molar-refractivity contribution in [2.24, 2.45) is 0 Å². The van der Waals surface area contributed by atoms with E-state index in [1.165, 1.54) is 10.9 Å². The first-order valence-corrected chi connectivity index (χ1v) is 17.0. The maximum Gasteiger partial charge on any atom is 0.508 e. The van der Waals surface area contributed by atoms with Gasteiger partial charge in [0.05, 0.1) is 45.1 Å². The van der Waals surface area contributed by atoms with Gasteiger partial charge < -0.3 is 30.2 Å². The summed E-state index contributed by atoms with van der Waals surface area (Å²) in [4.78, 5) is 12.2. The van der Waals surface area contributed by atoms with E-state index < -0.39 is 51.1 Å². The van der Waals surface area contributed by atoms with Crippen LogP contribution in [0.1, 0.15) is 31.2 Å². The van der Waals surface area contributed by atoms with Gasteiger partial charge in [-0.05, 0) is 36.6 Å². The molecule has 0 amide bonds. The number of nitrogens with two attached hydrogens (primary N) is 1. The zero-order valence-corrected chi connectivity index (χ0v) is 27.9. The average molecular weight is 708 g/mol. The molecule has 3 heterocycles. The molecule has 0 bridgehead atoms. The lowest BCUT2D eigenvalue weighted by Gasteiger charge is -2.24. The number of imidazole rings is 1. The van der Waals surface area contributed by atoms with Gasteiger partial charge in [0, 0.05) is 0 Å². The van der Waals surface area contributed by atoms with Crippen molar-refractivity contribution >= 4 is 36.4 Å². The Morgan fingerprint density at radius 3 is 2.06 bits per heavy atom. The van der Waals surface area contributed by atoms with Crippen LogP contribution in [0, 0.1) is 0 Å². The Morgan fingerprint density at radius 1 is 0.938 bits per heavy atom. The van der Waals surface area contributed by atoms with Gasteiger partial charge in [-0.25, -0.2) is 19.5 Å². The summed E-state index contributed by atoms with van der Waals surface area (Å²) in [6.45, 7) is 4.14. The summed E-state index contributed by atoms with van der Waals surface area (Å²) in [6.07, 6.45) is -4.21.